The van der Waals surface area contributed by atoms with Crippen molar-refractivity contribution in [3.8, 4) is 0 Å². The van der Waals surface area contributed by atoms with E-state index in [9.17, 15) is 0 Å². The minimum absolute atomic E-state index is 0.510. The molecule has 0 saturated heterocycles. The molecule has 2 unspecified atom stereocenters. The van der Waals surface area contributed by atoms with Gasteiger partial charge in [0.1, 0.15) is 0 Å². The number of hydrogen-bond acceptors (Lipinski definition) is 1. The Morgan fingerprint density at radius 1 is 1.11 bits per heavy atom. The molecule has 0 aromatic heterocycles. The second-order valence-corrected chi connectivity index (χ2v) is 8.00. The lowest BCUT2D eigenvalue weighted by Gasteiger charge is -2.40. The summed E-state index contributed by atoms with van der Waals surface area (Å²) in [5.41, 5.74) is 0.510. The van der Waals surface area contributed by atoms with Crippen molar-refractivity contribution >= 4 is 0 Å². The predicted octanol–water partition coefficient (Wildman–Crippen LogP) is 5.25. The van der Waals surface area contributed by atoms with Crippen molar-refractivity contribution in [2.75, 3.05) is 7.05 Å². The highest BCUT2D eigenvalue weighted by atomic mass is 14.9. The van der Waals surface area contributed by atoms with Crippen molar-refractivity contribution in [2.24, 2.45) is 23.2 Å². The highest BCUT2D eigenvalue weighted by Gasteiger charge is 2.32. The van der Waals surface area contributed by atoms with E-state index in [1.165, 1.54) is 44.9 Å². The Morgan fingerprint density at radius 3 is 2.11 bits per heavy atom. The van der Waals surface area contributed by atoms with Gasteiger partial charge in [0.2, 0.25) is 0 Å². The van der Waals surface area contributed by atoms with Gasteiger partial charge in [-0.25, -0.2) is 0 Å². The molecule has 1 aliphatic carbocycles. The smallest absolute Gasteiger partial charge is 0.00948 e. The Labute approximate surface area is 121 Å². The Kier molecular flexibility index (Phi) is 6.86. The first-order valence-corrected chi connectivity index (χ1v) is 8.55. The molecule has 1 heteroatoms. The van der Waals surface area contributed by atoms with Crippen LogP contribution in [-0.2, 0) is 0 Å². The molecule has 114 valence electrons. The van der Waals surface area contributed by atoms with Crippen LogP contribution in [0, 0.1) is 23.2 Å². The zero-order chi connectivity index (χ0) is 14.5. The summed E-state index contributed by atoms with van der Waals surface area (Å²) in [5.74, 6) is 2.74. The van der Waals surface area contributed by atoms with Crippen LogP contribution in [0.25, 0.3) is 0 Å². The molecule has 1 fully saturated rings. The van der Waals surface area contributed by atoms with Gasteiger partial charge >= 0.3 is 0 Å². The summed E-state index contributed by atoms with van der Waals surface area (Å²) < 4.78 is 0. The van der Waals surface area contributed by atoms with Crippen LogP contribution in [0.5, 0.6) is 0 Å². The second-order valence-electron chi connectivity index (χ2n) is 8.00. The summed E-state index contributed by atoms with van der Waals surface area (Å²) in [5, 5.41) is 3.61. The van der Waals surface area contributed by atoms with E-state index in [2.05, 4.69) is 47.0 Å². The molecule has 0 aromatic rings. The summed E-state index contributed by atoms with van der Waals surface area (Å²) in [6, 6.07) is 0.752. The van der Waals surface area contributed by atoms with E-state index in [0.29, 0.717) is 5.41 Å². The molecule has 0 aromatic carbocycles. The average molecular weight is 268 g/mol. The third kappa shape index (κ3) is 5.45. The maximum atomic E-state index is 3.61. The zero-order valence-corrected chi connectivity index (χ0v) is 14.3. The van der Waals surface area contributed by atoms with Gasteiger partial charge in [0.05, 0.1) is 0 Å². The molecule has 1 saturated carbocycles. The zero-order valence-electron chi connectivity index (χ0n) is 14.3. The highest BCUT2D eigenvalue weighted by molar-refractivity contribution is 4.86. The van der Waals surface area contributed by atoms with Gasteiger partial charge in [-0.1, -0.05) is 47.5 Å². The van der Waals surface area contributed by atoms with Gasteiger partial charge in [-0.15, -0.1) is 0 Å². The molecule has 0 bridgehead atoms. The predicted molar refractivity (Wildman–Crippen MR) is 86.4 cm³/mol. The fraction of sp³-hybridized carbons (Fsp3) is 1.00. The number of rotatable bonds is 6. The first-order valence-electron chi connectivity index (χ1n) is 8.55. The molecule has 0 spiro atoms. The maximum Gasteiger partial charge on any atom is 0.00948 e. The third-order valence-electron chi connectivity index (χ3n) is 5.37. The van der Waals surface area contributed by atoms with E-state index in [1.54, 1.807) is 0 Å². The lowest BCUT2D eigenvalue weighted by atomic mass is 9.68. The van der Waals surface area contributed by atoms with E-state index in [0.717, 1.165) is 23.8 Å². The molecule has 0 radical (unpaired) electrons. The fourth-order valence-electron chi connectivity index (χ4n) is 3.98. The third-order valence-corrected chi connectivity index (χ3v) is 5.37. The standard InChI is InChI=1S/C18H37N/c1-7-8-14(2)13-17(19-6)15-9-11-16(12-10-15)18(3,4)5/h14-17,19H,7-13H2,1-6H3. The van der Waals surface area contributed by atoms with Crippen molar-refractivity contribution in [3.05, 3.63) is 0 Å². The van der Waals surface area contributed by atoms with E-state index in [1.807, 2.05) is 0 Å². The highest BCUT2D eigenvalue weighted by Crippen LogP contribution is 2.41. The van der Waals surface area contributed by atoms with Crippen molar-refractivity contribution < 1.29 is 0 Å². The topological polar surface area (TPSA) is 12.0 Å². The van der Waals surface area contributed by atoms with Crippen LogP contribution in [-0.4, -0.2) is 13.1 Å². The van der Waals surface area contributed by atoms with Crippen LogP contribution < -0.4 is 5.32 Å². The normalized spacial score (nSPS) is 28.1. The van der Waals surface area contributed by atoms with Crippen molar-refractivity contribution in [1.82, 2.24) is 5.32 Å². The van der Waals surface area contributed by atoms with E-state index in [-0.39, 0.29) is 0 Å². The molecular weight excluding hydrogens is 230 g/mol. The lowest BCUT2D eigenvalue weighted by molar-refractivity contribution is 0.128. The van der Waals surface area contributed by atoms with Gasteiger partial charge in [-0.3, -0.25) is 0 Å². The van der Waals surface area contributed by atoms with Gasteiger partial charge in [0.25, 0.3) is 0 Å². The van der Waals surface area contributed by atoms with Gasteiger partial charge in [-0.05, 0) is 62.3 Å². The molecule has 1 N–H and O–H groups in total. The van der Waals surface area contributed by atoms with Crippen molar-refractivity contribution in [3.63, 3.8) is 0 Å². The molecule has 0 aliphatic heterocycles. The summed E-state index contributed by atoms with van der Waals surface area (Å²) in [7, 11) is 2.17. The summed E-state index contributed by atoms with van der Waals surface area (Å²) >= 11 is 0. The number of nitrogens with one attached hydrogen (secondary N) is 1. The van der Waals surface area contributed by atoms with Crippen molar-refractivity contribution in [2.45, 2.75) is 85.6 Å². The molecule has 1 aliphatic rings. The Balaban J connectivity index is 2.43. The summed E-state index contributed by atoms with van der Waals surface area (Å²) in [4.78, 5) is 0. The SMILES string of the molecule is CCCC(C)CC(NC)C1CCC(C(C)(C)C)CC1. The molecule has 19 heavy (non-hydrogen) atoms. The van der Waals surface area contributed by atoms with Crippen LogP contribution in [0.3, 0.4) is 0 Å². The Hall–Kier alpha value is -0.0400. The number of hydrogen-bond donors (Lipinski definition) is 1. The molecule has 0 heterocycles. The molecule has 2 atom stereocenters. The van der Waals surface area contributed by atoms with Gasteiger partial charge < -0.3 is 5.32 Å². The van der Waals surface area contributed by atoms with Crippen LogP contribution in [0.4, 0.5) is 0 Å². The van der Waals surface area contributed by atoms with E-state index in [4.69, 9.17) is 0 Å². The quantitative estimate of drug-likeness (QED) is 0.693. The van der Waals surface area contributed by atoms with Gasteiger partial charge in [-0.2, -0.15) is 0 Å². The summed E-state index contributed by atoms with van der Waals surface area (Å²) in [6.07, 6.45) is 9.83. The van der Waals surface area contributed by atoms with Crippen LogP contribution in [0.15, 0.2) is 0 Å². The first kappa shape index (κ1) is 17.0. The van der Waals surface area contributed by atoms with E-state index >= 15 is 0 Å². The molecule has 0 amide bonds. The Morgan fingerprint density at radius 2 is 1.68 bits per heavy atom. The lowest BCUT2D eigenvalue weighted by Crippen LogP contribution is -2.38. The average Bonchev–Trinajstić information content (AvgIpc) is 2.35. The minimum atomic E-state index is 0.510. The Bertz CT molecular complexity index is 233. The monoisotopic (exact) mass is 267 g/mol. The van der Waals surface area contributed by atoms with E-state index < -0.39 is 0 Å². The fourth-order valence-corrected chi connectivity index (χ4v) is 3.98. The minimum Gasteiger partial charge on any atom is -0.317 e. The second kappa shape index (κ2) is 7.67. The van der Waals surface area contributed by atoms with Gasteiger partial charge in [0.15, 0.2) is 0 Å². The van der Waals surface area contributed by atoms with Crippen LogP contribution in [0.1, 0.15) is 79.6 Å². The molecule has 1 nitrogen and oxygen atoms in total. The summed E-state index contributed by atoms with van der Waals surface area (Å²) in [6.45, 7) is 12.0. The molecular formula is C18H37N. The first-order chi connectivity index (χ1) is 8.88. The van der Waals surface area contributed by atoms with Gasteiger partial charge in [0, 0.05) is 6.04 Å². The van der Waals surface area contributed by atoms with Crippen LogP contribution >= 0.6 is 0 Å². The van der Waals surface area contributed by atoms with Crippen LogP contribution in [0.2, 0.25) is 0 Å². The molecule has 1 rings (SSSR count). The largest absolute Gasteiger partial charge is 0.317 e. The maximum absolute atomic E-state index is 3.61. The van der Waals surface area contributed by atoms with Crippen molar-refractivity contribution in [1.29, 1.82) is 0 Å².